The first kappa shape index (κ1) is 21.2. The number of rotatable bonds is 8. The minimum absolute atomic E-state index is 0.411. The second-order valence-corrected chi connectivity index (χ2v) is 8.65. The third-order valence-corrected chi connectivity index (χ3v) is 6.36. The van der Waals surface area contributed by atoms with Gasteiger partial charge in [-0.1, -0.05) is 78.9 Å². The van der Waals surface area contributed by atoms with Crippen molar-refractivity contribution >= 4 is 32.6 Å². The minimum Gasteiger partial charge on any atom is -0.494 e. The third kappa shape index (κ3) is 4.43. The lowest BCUT2D eigenvalue weighted by atomic mass is 10.1. The summed E-state index contributed by atoms with van der Waals surface area (Å²) in [7, 11) is 0. The summed E-state index contributed by atoms with van der Waals surface area (Å²) < 4.78 is 14.6. The van der Waals surface area contributed by atoms with Crippen LogP contribution >= 0.6 is 0 Å². The number of para-hydroxylation sites is 2. The summed E-state index contributed by atoms with van der Waals surface area (Å²) in [5.41, 5.74) is 2.11. The molecule has 0 aliphatic carbocycles. The van der Waals surface area contributed by atoms with Crippen molar-refractivity contribution in [3.63, 3.8) is 0 Å². The summed E-state index contributed by atoms with van der Waals surface area (Å²) in [6, 6.07) is 37.3. The van der Waals surface area contributed by atoms with E-state index in [1.807, 2.05) is 36.4 Å². The van der Waals surface area contributed by atoms with Gasteiger partial charge >= 0.3 is 0 Å². The van der Waals surface area contributed by atoms with E-state index in [0.29, 0.717) is 13.2 Å². The van der Waals surface area contributed by atoms with Crippen molar-refractivity contribution in [3.8, 4) is 11.5 Å². The Kier molecular flexibility index (Phi) is 5.77. The second-order valence-electron chi connectivity index (χ2n) is 8.65. The summed E-state index contributed by atoms with van der Waals surface area (Å²) in [5.74, 6) is 2.70. The maximum absolute atomic E-state index is 6.28. The van der Waals surface area contributed by atoms with Crippen LogP contribution in [0, 0.1) is 0 Å². The van der Waals surface area contributed by atoms with E-state index in [1.165, 1.54) is 16.2 Å². The van der Waals surface area contributed by atoms with Gasteiger partial charge < -0.3 is 14.0 Å². The van der Waals surface area contributed by atoms with Crippen LogP contribution in [0.4, 0.5) is 0 Å². The summed E-state index contributed by atoms with van der Waals surface area (Å²) in [4.78, 5) is 4.88. The van der Waals surface area contributed by atoms with Crippen LogP contribution in [0.3, 0.4) is 0 Å². The fourth-order valence-corrected chi connectivity index (χ4v) is 4.62. The molecule has 172 valence electrons. The van der Waals surface area contributed by atoms with Crippen molar-refractivity contribution in [2.45, 2.75) is 19.6 Å². The molecule has 1 heterocycles. The van der Waals surface area contributed by atoms with Crippen LogP contribution in [0.5, 0.6) is 11.5 Å². The number of hydrogen-bond acceptors (Lipinski definition) is 3. The van der Waals surface area contributed by atoms with Crippen LogP contribution in [0.1, 0.15) is 12.2 Å². The van der Waals surface area contributed by atoms with Crippen LogP contribution in [0.25, 0.3) is 32.6 Å². The molecule has 6 aromatic rings. The van der Waals surface area contributed by atoms with E-state index in [2.05, 4.69) is 77.4 Å². The zero-order chi connectivity index (χ0) is 23.5. The quantitative estimate of drug-likeness (QED) is 0.223. The predicted octanol–water partition coefficient (Wildman–Crippen LogP) is 7.39. The molecule has 0 fully saturated rings. The molecule has 0 radical (unpaired) electrons. The average molecular weight is 459 g/mol. The van der Waals surface area contributed by atoms with Crippen LogP contribution in [0.15, 0.2) is 109 Å². The highest BCUT2D eigenvalue weighted by Gasteiger charge is 2.12. The SMILES string of the molecule is c1ccc2cc(OCCCn3c(COc4cccc5ccccc45)nc4ccccc43)ccc2c1. The molecule has 35 heavy (non-hydrogen) atoms. The maximum Gasteiger partial charge on any atom is 0.148 e. The van der Waals surface area contributed by atoms with Crippen molar-refractivity contribution in [3.05, 3.63) is 115 Å². The van der Waals surface area contributed by atoms with Gasteiger partial charge in [-0.05, 0) is 52.9 Å². The zero-order valence-corrected chi connectivity index (χ0v) is 19.4. The van der Waals surface area contributed by atoms with Crippen LogP contribution in [-0.2, 0) is 13.2 Å². The molecule has 5 aromatic carbocycles. The molecule has 0 N–H and O–H groups in total. The number of fused-ring (bicyclic) bond motifs is 3. The normalized spacial score (nSPS) is 11.3. The van der Waals surface area contributed by atoms with E-state index in [9.17, 15) is 0 Å². The van der Waals surface area contributed by atoms with E-state index < -0.39 is 0 Å². The van der Waals surface area contributed by atoms with Gasteiger partial charge in [0.05, 0.1) is 17.6 Å². The number of imidazole rings is 1. The Morgan fingerprint density at radius 2 is 1.43 bits per heavy atom. The van der Waals surface area contributed by atoms with Crippen LogP contribution in [0.2, 0.25) is 0 Å². The average Bonchev–Trinajstić information content (AvgIpc) is 3.27. The van der Waals surface area contributed by atoms with E-state index >= 15 is 0 Å². The summed E-state index contributed by atoms with van der Waals surface area (Å²) in [6.07, 6.45) is 0.869. The van der Waals surface area contributed by atoms with Gasteiger partial charge in [-0.3, -0.25) is 0 Å². The largest absolute Gasteiger partial charge is 0.494 e. The summed E-state index contributed by atoms with van der Waals surface area (Å²) in [6.45, 7) is 1.85. The van der Waals surface area contributed by atoms with Gasteiger partial charge in [0, 0.05) is 11.9 Å². The smallest absolute Gasteiger partial charge is 0.148 e. The van der Waals surface area contributed by atoms with Gasteiger partial charge in [0.15, 0.2) is 0 Å². The van der Waals surface area contributed by atoms with Crippen molar-refractivity contribution < 1.29 is 9.47 Å². The molecule has 0 saturated carbocycles. The predicted molar refractivity (Wildman–Crippen MR) is 142 cm³/mol. The Labute approximate surface area is 204 Å². The molecule has 0 aliphatic rings. The van der Waals surface area contributed by atoms with E-state index in [0.717, 1.165) is 46.7 Å². The molecular weight excluding hydrogens is 432 g/mol. The topological polar surface area (TPSA) is 36.3 Å². The Balaban J connectivity index is 1.17. The highest BCUT2D eigenvalue weighted by molar-refractivity contribution is 5.88. The number of nitrogens with zero attached hydrogens (tertiary/aromatic N) is 2. The molecule has 1 aromatic heterocycles. The molecule has 0 bridgehead atoms. The summed E-state index contributed by atoms with van der Waals surface area (Å²) >= 11 is 0. The lowest BCUT2D eigenvalue weighted by Gasteiger charge is -2.13. The molecule has 4 heteroatoms. The van der Waals surface area contributed by atoms with Crippen molar-refractivity contribution in [2.75, 3.05) is 6.61 Å². The molecule has 0 amide bonds. The Hall–Kier alpha value is -4.31. The van der Waals surface area contributed by atoms with E-state index in [1.54, 1.807) is 0 Å². The first-order chi connectivity index (χ1) is 17.3. The van der Waals surface area contributed by atoms with Gasteiger partial charge in [0.1, 0.15) is 23.9 Å². The Morgan fingerprint density at radius 3 is 2.37 bits per heavy atom. The lowest BCUT2D eigenvalue weighted by Crippen LogP contribution is -2.10. The van der Waals surface area contributed by atoms with Crippen molar-refractivity contribution in [1.82, 2.24) is 9.55 Å². The fraction of sp³-hybridized carbons (Fsp3) is 0.129. The van der Waals surface area contributed by atoms with Crippen LogP contribution < -0.4 is 9.47 Å². The monoisotopic (exact) mass is 458 g/mol. The first-order valence-corrected chi connectivity index (χ1v) is 12.0. The van der Waals surface area contributed by atoms with Gasteiger partial charge in [-0.2, -0.15) is 0 Å². The molecule has 0 unspecified atom stereocenters. The standard InChI is InChI=1S/C31H26N2O2/c1-2-11-25-21-26(18-17-23(25)9-1)34-20-8-19-33-29-15-6-5-14-28(29)32-31(33)22-35-30-16-7-12-24-10-3-4-13-27(24)30/h1-7,9-18,21H,8,19-20,22H2. The number of benzene rings is 5. The lowest BCUT2D eigenvalue weighted by molar-refractivity contribution is 0.282. The Bertz CT molecular complexity index is 1610. The van der Waals surface area contributed by atoms with Crippen molar-refractivity contribution in [1.29, 1.82) is 0 Å². The number of aromatic nitrogens is 2. The number of aryl methyl sites for hydroxylation is 1. The zero-order valence-electron chi connectivity index (χ0n) is 19.4. The maximum atomic E-state index is 6.28. The van der Waals surface area contributed by atoms with Crippen molar-refractivity contribution in [2.24, 2.45) is 0 Å². The van der Waals surface area contributed by atoms with E-state index in [4.69, 9.17) is 14.5 Å². The first-order valence-electron chi connectivity index (χ1n) is 12.0. The minimum atomic E-state index is 0.411. The number of hydrogen-bond donors (Lipinski definition) is 0. The second kappa shape index (κ2) is 9.51. The van der Waals surface area contributed by atoms with Gasteiger partial charge in [0.25, 0.3) is 0 Å². The molecular formula is C31H26N2O2. The van der Waals surface area contributed by atoms with Gasteiger partial charge in [0.2, 0.25) is 0 Å². The highest BCUT2D eigenvalue weighted by atomic mass is 16.5. The Morgan fingerprint density at radius 1 is 0.657 bits per heavy atom. The fourth-order valence-electron chi connectivity index (χ4n) is 4.62. The molecule has 6 rings (SSSR count). The molecule has 0 spiro atoms. The highest BCUT2D eigenvalue weighted by Crippen LogP contribution is 2.27. The number of ether oxygens (including phenoxy) is 2. The third-order valence-electron chi connectivity index (χ3n) is 6.36. The van der Waals surface area contributed by atoms with E-state index in [-0.39, 0.29) is 0 Å². The molecule has 4 nitrogen and oxygen atoms in total. The van der Waals surface area contributed by atoms with Crippen LogP contribution in [-0.4, -0.2) is 16.2 Å². The van der Waals surface area contributed by atoms with Gasteiger partial charge in [-0.25, -0.2) is 4.98 Å². The molecule has 0 saturated heterocycles. The summed E-state index contributed by atoms with van der Waals surface area (Å²) in [5, 5.41) is 4.70. The molecule has 0 aliphatic heterocycles. The van der Waals surface area contributed by atoms with Gasteiger partial charge in [-0.15, -0.1) is 0 Å². The molecule has 0 atom stereocenters.